The molecular weight excluding hydrogens is 399 g/mol. The number of fused-ring (bicyclic) bond motifs is 1. The van der Waals surface area contributed by atoms with E-state index in [0.717, 1.165) is 18.2 Å². The Bertz CT molecular complexity index is 884. The molecule has 10 heteroatoms. The summed E-state index contributed by atoms with van der Waals surface area (Å²) >= 11 is 13.6. The fourth-order valence-corrected chi connectivity index (χ4v) is 4.79. The molecule has 3 atom stereocenters. The second-order valence-corrected chi connectivity index (χ2v) is 8.27. The number of H-pyrrole nitrogens is 1. The Kier molecular flexibility index (Phi) is 4.37. The molecule has 1 aliphatic heterocycles. The van der Waals surface area contributed by atoms with E-state index >= 15 is 0 Å². The van der Waals surface area contributed by atoms with Crippen LogP contribution >= 0.6 is 34.5 Å². The van der Waals surface area contributed by atoms with Crippen LogP contribution in [0.3, 0.4) is 0 Å². The summed E-state index contributed by atoms with van der Waals surface area (Å²) in [6.45, 7) is 3.36. The van der Waals surface area contributed by atoms with Crippen LogP contribution in [-0.4, -0.2) is 46.1 Å². The molecule has 2 aromatic rings. The number of aliphatic carboxylic acids is 1. The zero-order valence-electron chi connectivity index (χ0n) is 13.8. The van der Waals surface area contributed by atoms with Gasteiger partial charge in [-0.3, -0.25) is 9.59 Å². The van der Waals surface area contributed by atoms with Gasteiger partial charge in [-0.25, -0.2) is 4.98 Å². The first-order chi connectivity index (χ1) is 12.3. The lowest BCUT2D eigenvalue weighted by Crippen LogP contribution is -2.34. The van der Waals surface area contributed by atoms with Gasteiger partial charge in [0.25, 0.3) is 5.91 Å². The summed E-state index contributed by atoms with van der Waals surface area (Å²) in [5.41, 5.74) is 1.55. The zero-order chi connectivity index (χ0) is 18.6. The van der Waals surface area contributed by atoms with Crippen LogP contribution in [0.2, 0.25) is 10.0 Å². The maximum Gasteiger partial charge on any atom is 0.309 e. The first-order valence-corrected chi connectivity index (χ1v) is 9.74. The van der Waals surface area contributed by atoms with Gasteiger partial charge in [-0.1, -0.05) is 23.2 Å². The van der Waals surface area contributed by atoms with Gasteiger partial charge in [-0.05, 0) is 6.92 Å². The smallest absolute Gasteiger partial charge is 0.309 e. The number of carboxylic acid groups (broad SMARTS) is 1. The second-order valence-electron chi connectivity index (χ2n) is 6.68. The molecule has 0 bridgehead atoms. The number of nitrogens with zero attached hydrogens (tertiary/aromatic N) is 2. The van der Waals surface area contributed by atoms with E-state index in [1.807, 2.05) is 0 Å². The number of aryl methyl sites for hydroxylation is 1. The van der Waals surface area contributed by atoms with Crippen LogP contribution in [0.5, 0.6) is 0 Å². The third kappa shape index (κ3) is 3.06. The third-order valence-corrected chi connectivity index (χ3v) is 6.81. The third-order valence-electron chi connectivity index (χ3n) is 4.92. The SMILES string of the molecule is Cc1[nH]c(C(=O)NC2[C@H]3CN(c4nc(CC(=O)O)cs4)C[C@@H]23)c(Cl)c1Cl. The van der Waals surface area contributed by atoms with E-state index in [9.17, 15) is 9.59 Å². The molecule has 1 saturated carbocycles. The molecule has 2 fully saturated rings. The summed E-state index contributed by atoms with van der Waals surface area (Å²) in [5.74, 6) is -0.381. The van der Waals surface area contributed by atoms with Gasteiger partial charge in [0.15, 0.2) is 5.13 Å². The predicted octanol–water partition coefficient (Wildman–Crippen LogP) is 2.58. The van der Waals surface area contributed by atoms with E-state index in [1.54, 1.807) is 12.3 Å². The van der Waals surface area contributed by atoms with E-state index in [2.05, 4.69) is 20.2 Å². The lowest BCUT2D eigenvalue weighted by molar-refractivity contribution is -0.136. The summed E-state index contributed by atoms with van der Waals surface area (Å²) < 4.78 is 0. The molecule has 0 radical (unpaired) electrons. The Labute approximate surface area is 163 Å². The van der Waals surface area contributed by atoms with Crippen LogP contribution in [0.4, 0.5) is 5.13 Å². The van der Waals surface area contributed by atoms with Gasteiger partial charge >= 0.3 is 5.97 Å². The minimum Gasteiger partial charge on any atom is -0.481 e. The van der Waals surface area contributed by atoms with Crippen molar-refractivity contribution in [1.29, 1.82) is 0 Å². The number of hydrogen-bond donors (Lipinski definition) is 3. The van der Waals surface area contributed by atoms with Crippen LogP contribution in [0, 0.1) is 18.8 Å². The predicted molar refractivity (Wildman–Crippen MR) is 99.5 cm³/mol. The Morgan fingerprint density at radius 2 is 2.08 bits per heavy atom. The Balaban J connectivity index is 1.34. The van der Waals surface area contributed by atoms with Crippen molar-refractivity contribution < 1.29 is 14.7 Å². The van der Waals surface area contributed by atoms with Crippen LogP contribution in [0.25, 0.3) is 0 Å². The summed E-state index contributed by atoms with van der Waals surface area (Å²) in [4.78, 5) is 32.6. The van der Waals surface area contributed by atoms with Crippen molar-refractivity contribution in [3.05, 3.63) is 32.5 Å². The van der Waals surface area contributed by atoms with Crippen LogP contribution in [0.15, 0.2) is 5.38 Å². The highest BCUT2D eigenvalue weighted by Gasteiger charge is 2.57. The lowest BCUT2D eigenvalue weighted by atomic mass is 10.3. The van der Waals surface area contributed by atoms with Gasteiger partial charge in [0, 0.05) is 42.0 Å². The Morgan fingerprint density at radius 1 is 1.38 bits per heavy atom. The van der Waals surface area contributed by atoms with Crippen molar-refractivity contribution in [2.45, 2.75) is 19.4 Å². The van der Waals surface area contributed by atoms with Crippen LogP contribution < -0.4 is 10.2 Å². The highest BCUT2D eigenvalue weighted by Crippen LogP contribution is 2.47. The van der Waals surface area contributed by atoms with Crippen molar-refractivity contribution in [2.75, 3.05) is 18.0 Å². The number of amides is 1. The quantitative estimate of drug-likeness (QED) is 0.698. The van der Waals surface area contributed by atoms with Crippen LogP contribution in [-0.2, 0) is 11.2 Å². The second kappa shape index (κ2) is 6.44. The summed E-state index contributed by atoms with van der Waals surface area (Å²) in [6.07, 6.45) is -0.0608. The number of nitrogens with one attached hydrogen (secondary N) is 2. The lowest BCUT2D eigenvalue weighted by Gasteiger charge is -2.19. The Hall–Kier alpha value is -1.77. The molecule has 0 spiro atoms. The highest BCUT2D eigenvalue weighted by molar-refractivity contribution is 7.13. The largest absolute Gasteiger partial charge is 0.481 e. The summed E-state index contributed by atoms with van der Waals surface area (Å²) in [7, 11) is 0. The minimum absolute atomic E-state index is 0.0608. The average Bonchev–Trinajstić information content (AvgIpc) is 2.99. The van der Waals surface area contributed by atoms with E-state index in [4.69, 9.17) is 28.3 Å². The first-order valence-electron chi connectivity index (χ1n) is 8.10. The molecule has 7 nitrogen and oxygen atoms in total. The van der Waals surface area contributed by atoms with E-state index in [-0.39, 0.29) is 23.4 Å². The summed E-state index contributed by atoms with van der Waals surface area (Å²) in [6, 6.07) is 0.121. The minimum atomic E-state index is -0.882. The molecule has 2 aromatic heterocycles. The Morgan fingerprint density at radius 3 is 2.65 bits per heavy atom. The van der Waals surface area contributed by atoms with E-state index in [0.29, 0.717) is 33.9 Å². The number of hydrogen-bond acceptors (Lipinski definition) is 5. The molecule has 1 aliphatic carbocycles. The van der Waals surface area contributed by atoms with Crippen LogP contribution in [0.1, 0.15) is 21.9 Å². The molecule has 4 rings (SSSR count). The van der Waals surface area contributed by atoms with Gasteiger partial charge in [-0.2, -0.15) is 0 Å². The zero-order valence-corrected chi connectivity index (χ0v) is 16.1. The number of rotatable bonds is 5. The van der Waals surface area contributed by atoms with Gasteiger partial charge in [0.1, 0.15) is 5.69 Å². The summed E-state index contributed by atoms with van der Waals surface area (Å²) in [5, 5.41) is 15.1. The number of aromatic amines is 1. The number of carbonyl (C=O) groups is 2. The molecule has 26 heavy (non-hydrogen) atoms. The van der Waals surface area contributed by atoms with Crippen molar-refractivity contribution in [1.82, 2.24) is 15.3 Å². The number of carboxylic acids is 1. The number of aromatic nitrogens is 2. The number of halogens is 2. The van der Waals surface area contributed by atoms with Crippen molar-refractivity contribution in [3.63, 3.8) is 0 Å². The highest BCUT2D eigenvalue weighted by atomic mass is 35.5. The monoisotopic (exact) mass is 414 g/mol. The molecule has 1 unspecified atom stereocenters. The van der Waals surface area contributed by atoms with Gasteiger partial charge in [-0.15, -0.1) is 11.3 Å². The maximum atomic E-state index is 12.4. The molecule has 3 heterocycles. The topological polar surface area (TPSA) is 98.3 Å². The molecule has 0 aromatic carbocycles. The van der Waals surface area contributed by atoms with E-state index in [1.165, 1.54) is 11.3 Å². The normalized spacial score (nSPS) is 23.8. The number of piperidine rings is 1. The van der Waals surface area contributed by atoms with Gasteiger partial charge in [0.05, 0.1) is 22.2 Å². The maximum absolute atomic E-state index is 12.4. The van der Waals surface area contributed by atoms with Gasteiger partial charge < -0.3 is 20.3 Å². The molecule has 3 N–H and O–H groups in total. The van der Waals surface area contributed by atoms with Gasteiger partial charge in [0.2, 0.25) is 0 Å². The number of anilines is 1. The molecule has 2 aliphatic rings. The van der Waals surface area contributed by atoms with Crippen molar-refractivity contribution in [3.8, 4) is 0 Å². The molecule has 138 valence electrons. The van der Waals surface area contributed by atoms with E-state index < -0.39 is 5.97 Å². The first kappa shape index (κ1) is 17.6. The standard InChI is InChI=1S/C16H16Cl2N4O3S/c1-6-11(17)12(18)14(19-6)15(25)21-13-8-3-22(4-9(8)13)16-20-7(5-26-16)2-10(23)24/h5,8-9,13,19H,2-4H2,1H3,(H,21,25)(H,23,24)/t8-,9+,13?. The fourth-order valence-electron chi connectivity index (χ4n) is 3.53. The molecular formula is C16H16Cl2N4O3S. The number of thiazole rings is 1. The molecule has 1 amide bonds. The fraction of sp³-hybridized carbons (Fsp3) is 0.438. The average molecular weight is 415 g/mol. The van der Waals surface area contributed by atoms with Crippen molar-refractivity contribution >= 4 is 51.5 Å². The number of carbonyl (C=O) groups excluding carboxylic acids is 1. The molecule has 1 saturated heterocycles. The van der Waals surface area contributed by atoms with Crippen molar-refractivity contribution in [2.24, 2.45) is 11.8 Å².